The van der Waals surface area contributed by atoms with Gasteiger partial charge in [0.15, 0.2) is 0 Å². The molecule has 2 atom stereocenters. The van der Waals surface area contributed by atoms with Crippen LogP contribution in [0.5, 0.6) is 0 Å². The number of hydrogen-bond donors (Lipinski definition) is 2. The maximum absolute atomic E-state index is 9.75. The van der Waals surface area contributed by atoms with Gasteiger partial charge in [0.1, 0.15) is 0 Å². The molecule has 0 aromatic heterocycles. The molecule has 2 nitrogen and oxygen atoms in total. The largest absolute Gasteiger partial charge is 0.388 e. The lowest BCUT2D eigenvalue weighted by molar-refractivity contribution is 0.163. The summed E-state index contributed by atoms with van der Waals surface area (Å²) in [5.74, 6) is 0. The molecule has 0 saturated carbocycles. The number of aliphatic hydroxyl groups is 2. The van der Waals surface area contributed by atoms with E-state index < -0.39 is 0 Å². The number of rotatable bonds is 10. The monoisotopic (exact) mass is 356 g/mol. The average Bonchev–Trinajstić information content (AvgIpc) is 2.70. The van der Waals surface area contributed by atoms with Gasteiger partial charge in [-0.25, -0.2) is 0 Å². The fourth-order valence-corrected chi connectivity index (χ4v) is 2.86. The topological polar surface area (TPSA) is 40.5 Å². The molecule has 0 fully saturated rings. The molecule has 0 aliphatic rings. The minimum atomic E-state index is -0.271. The average molecular weight is 357 g/mol. The van der Waals surface area contributed by atoms with Gasteiger partial charge in [-0.2, -0.15) is 0 Å². The normalized spacial score (nSPS) is 12.8. The summed E-state index contributed by atoms with van der Waals surface area (Å²) in [6.45, 7) is 4.35. The smallest absolute Gasteiger partial charge is 0.0790 e. The van der Waals surface area contributed by atoms with Gasteiger partial charge in [-0.3, -0.25) is 0 Å². The molecule has 0 amide bonds. The van der Waals surface area contributed by atoms with Gasteiger partial charge < -0.3 is 10.2 Å². The summed E-state index contributed by atoms with van der Waals surface area (Å²) < 4.78 is 0. The molecule has 2 aromatic carbocycles. The highest BCUT2D eigenvalue weighted by Gasteiger charge is 2.05. The predicted octanol–water partition coefficient (Wildman–Crippen LogP) is 6.60. The zero-order valence-corrected chi connectivity index (χ0v) is 16.5. The molecule has 2 rings (SSSR count). The number of hydrogen-bond acceptors (Lipinski definition) is 2. The Balaban J connectivity index is 0.000000260. The van der Waals surface area contributed by atoms with E-state index in [1.165, 1.54) is 25.7 Å². The molecule has 0 spiro atoms. The van der Waals surface area contributed by atoms with Crippen LogP contribution in [0.1, 0.15) is 88.5 Å². The van der Waals surface area contributed by atoms with Gasteiger partial charge in [-0.05, 0) is 24.0 Å². The zero-order chi connectivity index (χ0) is 19.0. The Bertz CT molecular complexity index is 487. The SMILES string of the molecule is CCCCCC(O)c1ccccc1.CCCCCC(O)c1ccccc1. The first-order chi connectivity index (χ1) is 12.7. The van der Waals surface area contributed by atoms with E-state index >= 15 is 0 Å². The Hall–Kier alpha value is -1.64. The summed E-state index contributed by atoms with van der Waals surface area (Å²) in [6, 6.07) is 19.8. The van der Waals surface area contributed by atoms with Gasteiger partial charge in [-0.1, -0.05) is 113 Å². The Kier molecular flexibility index (Phi) is 12.5. The zero-order valence-electron chi connectivity index (χ0n) is 16.5. The van der Waals surface area contributed by atoms with E-state index in [0.717, 1.165) is 36.8 Å². The molecule has 2 N–H and O–H groups in total. The van der Waals surface area contributed by atoms with Crippen molar-refractivity contribution in [3.8, 4) is 0 Å². The summed E-state index contributed by atoms with van der Waals surface area (Å²) in [5, 5.41) is 19.5. The first-order valence-corrected chi connectivity index (χ1v) is 10.1. The van der Waals surface area contributed by atoms with Crippen LogP contribution in [-0.4, -0.2) is 10.2 Å². The first kappa shape index (κ1) is 22.4. The van der Waals surface area contributed by atoms with E-state index in [1.807, 2.05) is 60.7 Å². The van der Waals surface area contributed by atoms with E-state index in [1.54, 1.807) is 0 Å². The van der Waals surface area contributed by atoms with Crippen LogP contribution >= 0.6 is 0 Å². The highest BCUT2D eigenvalue weighted by molar-refractivity contribution is 5.17. The molecule has 0 aliphatic heterocycles. The van der Waals surface area contributed by atoms with Crippen molar-refractivity contribution in [1.29, 1.82) is 0 Å². The standard InChI is InChI=1S/2C12H18O/c2*1-2-3-5-10-12(13)11-8-6-4-7-9-11/h2*4,6-9,12-13H,2-3,5,10H2,1H3. The summed E-state index contributed by atoms with van der Waals surface area (Å²) >= 11 is 0. The third kappa shape index (κ3) is 9.74. The minimum Gasteiger partial charge on any atom is -0.388 e. The van der Waals surface area contributed by atoms with Crippen molar-refractivity contribution in [2.24, 2.45) is 0 Å². The van der Waals surface area contributed by atoms with Gasteiger partial charge in [0.2, 0.25) is 0 Å². The van der Waals surface area contributed by atoms with Crippen LogP contribution in [0.4, 0.5) is 0 Å². The molecule has 2 aromatic rings. The van der Waals surface area contributed by atoms with Crippen LogP contribution in [0.2, 0.25) is 0 Å². The lowest BCUT2D eigenvalue weighted by Gasteiger charge is -2.09. The van der Waals surface area contributed by atoms with Crippen molar-refractivity contribution in [2.45, 2.75) is 77.4 Å². The highest BCUT2D eigenvalue weighted by Crippen LogP contribution is 2.19. The maximum Gasteiger partial charge on any atom is 0.0790 e. The van der Waals surface area contributed by atoms with Crippen LogP contribution in [0.15, 0.2) is 60.7 Å². The van der Waals surface area contributed by atoms with E-state index in [2.05, 4.69) is 13.8 Å². The third-order valence-electron chi connectivity index (χ3n) is 4.53. The quantitative estimate of drug-likeness (QED) is 0.471. The number of benzene rings is 2. The Morgan fingerprint density at radius 3 is 1.23 bits per heavy atom. The summed E-state index contributed by atoms with van der Waals surface area (Å²) in [7, 11) is 0. The molecular weight excluding hydrogens is 320 g/mol. The molecule has 0 heterocycles. The number of aliphatic hydroxyl groups excluding tert-OH is 2. The Labute approximate surface area is 159 Å². The van der Waals surface area contributed by atoms with Crippen molar-refractivity contribution >= 4 is 0 Å². The van der Waals surface area contributed by atoms with Crippen molar-refractivity contribution in [3.63, 3.8) is 0 Å². The van der Waals surface area contributed by atoms with Crippen molar-refractivity contribution in [2.75, 3.05) is 0 Å². The predicted molar refractivity (Wildman–Crippen MR) is 111 cm³/mol. The van der Waals surface area contributed by atoms with Gasteiger partial charge in [0, 0.05) is 0 Å². The second kappa shape index (κ2) is 14.5. The van der Waals surface area contributed by atoms with Crippen molar-refractivity contribution in [3.05, 3.63) is 71.8 Å². The molecule has 0 bridgehead atoms. The molecule has 26 heavy (non-hydrogen) atoms. The van der Waals surface area contributed by atoms with Gasteiger partial charge in [-0.15, -0.1) is 0 Å². The second-order valence-corrected chi connectivity index (χ2v) is 6.84. The van der Waals surface area contributed by atoms with Crippen LogP contribution in [0.25, 0.3) is 0 Å². The molecule has 0 radical (unpaired) electrons. The maximum atomic E-state index is 9.75. The number of unbranched alkanes of at least 4 members (excludes halogenated alkanes) is 4. The molecule has 0 saturated heterocycles. The van der Waals surface area contributed by atoms with Crippen molar-refractivity contribution in [1.82, 2.24) is 0 Å². The molecule has 144 valence electrons. The van der Waals surface area contributed by atoms with Crippen molar-refractivity contribution < 1.29 is 10.2 Å². The van der Waals surface area contributed by atoms with Crippen LogP contribution in [0, 0.1) is 0 Å². The third-order valence-corrected chi connectivity index (χ3v) is 4.53. The lowest BCUT2D eigenvalue weighted by atomic mass is 10.0. The lowest BCUT2D eigenvalue weighted by Crippen LogP contribution is -1.96. The van der Waals surface area contributed by atoms with Crippen LogP contribution in [0.3, 0.4) is 0 Å². The molecule has 2 unspecified atom stereocenters. The summed E-state index contributed by atoms with van der Waals surface area (Å²) in [4.78, 5) is 0. The minimum absolute atomic E-state index is 0.271. The van der Waals surface area contributed by atoms with Gasteiger partial charge >= 0.3 is 0 Å². The first-order valence-electron chi connectivity index (χ1n) is 10.1. The fraction of sp³-hybridized carbons (Fsp3) is 0.500. The molecule has 0 aliphatic carbocycles. The van der Waals surface area contributed by atoms with E-state index in [9.17, 15) is 10.2 Å². The molecular formula is C24H36O2. The molecule has 2 heteroatoms. The highest BCUT2D eigenvalue weighted by atomic mass is 16.3. The van der Waals surface area contributed by atoms with Crippen LogP contribution < -0.4 is 0 Å². The fourth-order valence-electron chi connectivity index (χ4n) is 2.86. The van der Waals surface area contributed by atoms with Gasteiger partial charge in [0.25, 0.3) is 0 Å². The summed E-state index contributed by atoms with van der Waals surface area (Å²) in [5.41, 5.74) is 2.08. The Morgan fingerprint density at radius 2 is 0.923 bits per heavy atom. The van der Waals surface area contributed by atoms with Crippen LogP contribution in [-0.2, 0) is 0 Å². The summed E-state index contributed by atoms with van der Waals surface area (Å²) in [6.07, 6.45) is 8.31. The van der Waals surface area contributed by atoms with E-state index in [-0.39, 0.29) is 12.2 Å². The Morgan fingerprint density at radius 1 is 0.577 bits per heavy atom. The van der Waals surface area contributed by atoms with E-state index in [0.29, 0.717) is 0 Å². The van der Waals surface area contributed by atoms with Gasteiger partial charge in [0.05, 0.1) is 12.2 Å². The second-order valence-electron chi connectivity index (χ2n) is 6.84. The van der Waals surface area contributed by atoms with E-state index in [4.69, 9.17) is 0 Å².